The Bertz CT molecular complexity index is 602. The Labute approximate surface area is 244 Å². The average molecular weight is 542 g/mol. The maximum atomic E-state index is 3.54. The molecule has 0 aromatic heterocycles. The highest BCUT2D eigenvalue weighted by Gasteiger charge is 2.19. The lowest BCUT2D eigenvalue weighted by molar-refractivity contribution is 0.163. The van der Waals surface area contributed by atoms with Gasteiger partial charge in [-0.2, -0.15) is 0 Å². The fraction of sp³-hybridized carbons (Fsp3) is 0.889. The minimum absolute atomic E-state index is 0.895. The van der Waals surface area contributed by atoms with Crippen LogP contribution in [-0.2, 0) is 0 Å². The monoisotopic (exact) mass is 542 g/mol. The van der Waals surface area contributed by atoms with Gasteiger partial charge in [-0.15, -0.1) is 0 Å². The molecule has 0 saturated carbocycles. The Morgan fingerprint density at radius 1 is 0.538 bits per heavy atom. The van der Waals surface area contributed by atoms with Crippen LogP contribution in [0.5, 0.6) is 0 Å². The van der Waals surface area contributed by atoms with E-state index in [1.54, 1.807) is 0 Å². The Kier molecular flexibility index (Phi) is 19.4. The van der Waals surface area contributed by atoms with Crippen LogP contribution in [0.1, 0.15) is 141 Å². The Morgan fingerprint density at radius 2 is 1.15 bits per heavy atom. The van der Waals surface area contributed by atoms with Crippen LogP contribution in [0.4, 0.5) is 0 Å². The van der Waals surface area contributed by atoms with E-state index in [0.29, 0.717) is 0 Å². The zero-order valence-corrected chi connectivity index (χ0v) is 26.0. The first-order valence-corrected chi connectivity index (χ1v) is 17.8. The van der Waals surface area contributed by atoms with Crippen molar-refractivity contribution in [2.24, 2.45) is 17.8 Å². The van der Waals surface area contributed by atoms with E-state index >= 15 is 0 Å². The summed E-state index contributed by atoms with van der Waals surface area (Å²) in [5.41, 5.74) is 0. The highest BCUT2D eigenvalue weighted by atomic mass is 15.1. The van der Waals surface area contributed by atoms with Gasteiger partial charge in [-0.3, -0.25) is 0 Å². The molecule has 3 nitrogen and oxygen atoms in total. The summed E-state index contributed by atoms with van der Waals surface area (Å²) in [4.78, 5) is 2.80. The normalized spacial score (nSPS) is 25.2. The zero-order valence-electron chi connectivity index (χ0n) is 26.0. The van der Waals surface area contributed by atoms with Crippen molar-refractivity contribution in [1.29, 1.82) is 0 Å². The van der Waals surface area contributed by atoms with Gasteiger partial charge in [-0.1, -0.05) is 69.2 Å². The van der Waals surface area contributed by atoms with E-state index in [4.69, 9.17) is 0 Å². The van der Waals surface area contributed by atoms with Crippen LogP contribution in [0.25, 0.3) is 0 Å². The Hall–Kier alpha value is -0.640. The number of piperidine rings is 3. The number of unbranched alkanes of at least 4 members (excludes halogenated alkanes) is 10. The smallest absolute Gasteiger partial charge is 0.000966 e. The summed E-state index contributed by atoms with van der Waals surface area (Å²) in [6.45, 7) is 9.08. The highest BCUT2D eigenvalue weighted by molar-refractivity contribution is 4.86. The molecule has 39 heavy (non-hydrogen) atoms. The van der Waals surface area contributed by atoms with Crippen molar-refractivity contribution in [3.05, 3.63) is 24.3 Å². The molecule has 0 bridgehead atoms. The lowest BCUT2D eigenvalue weighted by Crippen LogP contribution is -2.36. The van der Waals surface area contributed by atoms with E-state index < -0.39 is 0 Å². The molecule has 0 aromatic rings. The number of likely N-dealkylation sites (tertiary alicyclic amines) is 1. The molecule has 3 aliphatic rings. The molecule has 0 spiro atoms. The van der Waals surface area contributed by atoms with Gasteiger partial charge in [-0.05, 0) is 153 Å². The SMILES string of the molecule is C(=CCC1CCCNC1)CCCCCCCCN1CCCC(CCCCCCC=CCCC2CCCNC2)C1. The van der Waals surface area contributed by atoms with Crippen LogP contribution < -0.4 is 10.6 Å². The first-order valence-electron chi connectivity index (χ1n) is 17.8. The predicted octanol–water partition coefficient (Wildman–Crippen LogP) is 9.05. The van der Waals surface area contributed by atoms with Crippen LogP contribution >= 0.6 is 0 Å². The third-order valence-corrected chi connectivity index (χ3v) is 9.77. The second-order valence-corrected chi connectivity index (χ2v) is 13.4. The highest BCUT2D eigenvalue weighted by Crippen LogP contribution is 2.23. The van der Waals surface area contributed by atoms with Crippen molar-refractivity contribution in [2.45, 2.75) is 141 Å². The maximum absolute atomic E-state index is 3.54. The second-order valence-electron chi connectivity index (χ2n) is 13.4. The summed E-state index contributed by atoms with van der Waals surface area (Å²) in [7, 11) is 0. The summed E-state index contributed by atoms with van der Waals surface area (Å²) in [6, 6.07) is 0. The topological polar surface area (TPSA) is 27.3 Å². The minimum atomic E-state index is 0.895. The van der Waals surface area contributed by atoms with Gasteiger partial charge >= 0.3 is 0 Å². The third-order valence-electron chi connectivity index (χ3n) is 9.77. The molecular weight excluding hydrogens is 474 g/mol. The van der Waals surface area contributed by atoms with Crippen LogP contribution in [0.2, 0.25) is 0 Å². The largest absolute Gasteiger partial charge is 0.316 e. The van der Waals surface area contributed by atoms with Crippen molar-refractivity contribution in [3.63, 3.8) is 0 Å². The number of nitrogens with one attached hydrogen (secondary N) is 2. The van der Waals surface area contributed by atoms with Crippen molar-refractivity contribution >= 4 is 0 Å². The van der Waals surface area contributed by atoms with E-state index in [1.165, 1.54) is 187 Å². The quantitative estimate of drug-likeness (QED) is 0.112. The second kappa shape index (κ2) is 23.0. The molecule has 3 atom stereocenters. The fourth-order valence-corrected chi connectivity index (χ4v) is 7.21. The zero-order chi connectivity index (χ0) is 27.1. The van der Waals surface area contributed by atoms with Crippen molar-refractivity contribution < 1.29 is 0 Å². The standard InChI is InChI=1S/C36H67N3/c1(2-6-10-14-21-34-24-18-27-37-31-34)5-9-13-17-29-39-30-20-26-36(33-39)23-16-12-8-4-3-7-11-15-22-35-25-19-28-38-32-35/h7,10-11,14,34-38H,1-6,8-9,12-13,15-33H2. The Morgan fingerprint density at radius 3 is 1.90 bits per heavy atom. The molecule has 0 amide bonds. The van der Waals surface area contributed by atoms with Crippen LogP contribution in [0, 0.1) is 17.8 Å². The summed E-state index contributed by atoms with van der Waals surface area (Å²) in [6.07, 6.45) is 40.7. The number of hydrogen-bond donors (Lipinski definition) is 2. The fourth-order valence-electron chi connectivity index (χ4n) is 7.21. The van der Waals surface area contributed by atoms with Gasteiger partial charge in [0.15, 0.2) is 0 Å². The molecule has 0 aliphatic carbocycles. The minimum Gasteiger partial charge on any atom is -0.316 e. The van der Waals surface area contributed by atoms with Crippen LogP contribution in [0.15, 0.2) is 24.3 Å². The number of rotatable bonds is 21. The van der Waals surface area contributed by atoms with Crippen LogP contribution in [-0.4, -0.2) is 50.7 Å². The molecule has 2 N–H and O–H groups in total. The summed E-state index contributed by atoms with van der Waals surface area (Å²) >= 11 is 0. The molecule has 0 radical (unpaired) electrons. The molecule has 3 heterocycles. The summed E-state index contributed by atoms with van der Waals surface area (Å²) in [5.74, 6) is 2.81. The van der Waals surface area contributed by atoms with Gasteiger partial charge in [-0.25, -0.2) is 0 Å². The summed E-state index contributed by atoms with van der Waals surface area (Å²) < 4.78 is 0. The molecule has 0 aromatic carbocycles. The molecule has 3 fully saturated rings. The molecule has 3 unspecified atom stereocenters. The lowest BCUT2D eigenvalue weighted by atomic mass is 9.92. The van der Waals surface area contributed by atoms with E-state index in [1.807, 2.05) is 0 Å². The molecule has 3 rings (SSSR count). The number of allylic oxidation sites excluding steroid dienone is 4. The van der Waals surface area contributed by atoms with Gasteiger partial charge in [0, 0.05) is 6.54 Å². The van der Waals surface area contributed by atoms with E-state index in [9.17, 15) is 0 Å². The molecule has 226 valence electrons. The van der Waals surface area contributed by atoms with Gasteiger partial charge in [0.2, 0.25) is 0 Å². The Balaban J connectivity index is 1.05. The number of nitrogens with zero attached hydrogens (tertiary/aromatic N) is 1. The van der Waals surface area contributed by atoms with Crippen molar-refractivity contribution in [3.8, 4) is 0 Å². The van der Waals surface area contributed by atoms with Crippen LogP contribution in [0.3, 0.4) is 0 Å². The first kappa shape index (κ1) is 32.9. The lowest BCUT2D eigenvalue weighted by Gasteiger charge is -2.32. The molecule has 3 aliphatic heterocycles. The van der Waals surface area contributed by atoms with Crippen molar-refractivity contribution in [1.82, 2.24) is 15.5 Å². The van der Waals surface area contributed by atoms with E-state index in [0.717, 1.165) is 17.8 Å². The summed E-state index contributed by atoms with van der Waals surface area (Å²) in [5, 5.41) is 7.07. The molecule has 3 saturated heterocycles. The number of hydrogen-bond acceptors (Lipinski definition) is 3. The van der Waals surface area contributed by atoms with Gasteiger partial charge in [0.1, 0.15) is 0 Å². The predicted molar refractivity (Wildman–Crippen MR) is 173 cm³/mol. The van der Waals surface area contributed by atoms with Gasteiger partial charge in [0.05, 0.1) is 0 Å². The average Bonchev–Trinajstić information content (AvgIpc) is 2.98. The van der Waals surface area contributed by atoms with Gasteiger partial charge < -0.3 is 15.5 Å². The van der Waals surface area contributed by atoms with E-state index in [2.05, 4.69) is 39.8 Å². The molecule has 3 heteroatoms. The maximum Gasteiger partial charge on any atom is 0.000966 e. The van der Waals surface area contributed by atoms with Gasteiger partial charge in [0.25, 0.3) is 0 Å². The van der Waals surface area contributed by atoms with Crippen molar-refractivity contribution in [2.75, 3.05) is 45.8 Å². The third kappa shape index (κ3) is 17.0. The van der Waals surface area contributed by atoms with E-state index in [-0.39, 0.29) is 0 Å². The first-order chi connectivity index (χ1) is 19.4. The molecular formula is C36H67N3.